The Morgan fingerprint density at radius 3 is 1.52 bits per heavy atom. The van der Waals surface area contributed by atoms with Crippen molar-refractivity contribution in [3.05, 3.63) is 137 Å². The van der Waals surface area contributed by atoms with Gasteiger partial charge in [0.1, 0.15) is 44.8 Å². The lowest BCUT2D eigenvalue weighted by Crippen LogP contribution is -2.71. The van der Waals surface area contributed by atoms with Crippen LogP contribution in [0.25, 0.3) is 27.8 Å². The summed E-state index contributed by atoms with van der Waals surface area (Å²) >= 11 is 0. The zero-order chi connectivity index (χ0) is 65.3. The molecule has 0 unspecified atom stereocenters. The highest BCUT2D eigenvalue weighted by Gasteiger charge is 2.31. The summed E-state index contributed by atoms with van der Waals surface area (Å²) in [5, 5.41) is 7.91. The van der Waals surface area contributed by atoms with E-state index in [4.69, 9.17) is 28.9 Å². The minimum absolute atomic E-state index is 0.421. The number of carbonyl (C=O) groups excluding carboxylic acids is 4. The predicted molar refractivity (Wildman–Crippen MR) is 359 cm³/mol. The largest absolute Gasteiger partial charge is 0.444 e. The van der Waals surface area contributed by atoms with Crippen molar-refractivity contribution in [3.8, 4) is 5.69 Å². The summed E-state index contributed by atoms with van der Waals surface area (Å²) in [6, 6.07) is 32.0. The molecule has 4 N–H and O–H groups in total. The molecule has 6 aromatic rings. The van der Waals surface area contributed by atoms with Gasteiger partial charge in [-0.25, -0.2) is 29.2 Å². The molecule has 474 valence electrons. The molecule has 88 heavy (non-hydrogen) atoms. The van der Waals surface area contributed by atoms with E-state index in [0.29, 0.717) is 36.6 Å². The Bertz CT molecular complexity index is 3470. The Morgan fingerprint density at radius 1 is 0.557 bits per heavy atom. The Balaban J connectivity index is 0.00000345. The minimum Gasteiger partial charge on any atom is -0.444 e. The number of aryl methyl sites for hydroxylation is 3. The van der Waals surface area contributed by atoms with Crippen LogP contribution < -0.4 is 30.3 Å². The second kappa shape index (κ2) is 31.2. The van der Waals surface area contributed by atoms with Gasteiger partial charge >= 0.3 is 24.4 Å². The van der Waals surface area contributed by atoms with E-state index in [1.165, 1.54) is 0 Å². The molecule has 0 atom stereocenters. The zero-order valence-corrected chi connectivity index (χ0v) is 56.3. The summed E-state index contributed by atoms with van der Waals surface area (Å²) in [5.41, 5.74) is 10.7. The van der Waals surface area contributed by atoms with Gasteiger partial charge in [-0.05, 0) is 182 Å². The van der Waals surface area contributed by atoms with Crippen LogP contribution in [0.2, 0.25) is 0 Å². The minimum atomic E-state index is -0.736. The van der Waals surface area contributed by atoms with Crippen molar-refractivity contribution in [1.82, 2.24) is 10.3 Å². The van der Waals surface area contributed by atoms with Crippen molar-refractivity contribution < 1.29 is 48.0 Å². The Kier molecular flexibility index (Phi) is 25.0. The lowest BCUT2D eigenvalue weighted by Gasteiger charge is -2.29. The molecule has 7 rings (SSSR count). The fraction of sp³-hybridized carbons (Fsp3) is 0.458. The van der Waals surface area contributed by atoms with E-state index >= 15 is 0 Å². The number of hydrogen-bond donors (Lipinski definition) is 3. The number of para-hydroxylation sites is 2. The van der Waals surface area contributed by atoms with Crippen LogP contribution in [-0.2, 0) is 18.9 Å². The third kappa shape index (κ3) is 21.1. The first kappa shape index (κ1) is 70.7. The zero-order valence-electron chi connectivity index (χ0n) is 56.3. The molecule has 0 fully saturated rings. The second-order valence-electron chi connectivity index (χ2n) is 25.7. The number of nitrogens with one attached hydrogen (secondary N) is 2. The maximum Gasteiger partial charge on any atom is 0.414 e. The van der Waals surface area contributed by atoms with Crippen molar-refractivity contribution in [2.75, 3.05) is 28.2 Å². The van der Waals surface area contributed by atoms with E-state index in [9.17, 15) is 19.2 Å². The van der Waals surface area contributed by atoms with E-state index in [0.717, 1.165) is 117 Å². The van der Waals surface area contributed by atoms with Crippen LogP contribution in [-0.4, -0.2) is 70.6 Å². The normalized spacial score (nSPS) is 13.0. The number of benzene rings is 5. The van der Waals surface area contributed by atoms with Crippen molar-refractivity contribution in [1.29, 1.82) is 0 Å². The van der Waals surface area contributed by atoms with Crippen LogP contribution in [0.3, 0.4) is 0 Å². The van der Waals surface area contributed by atoms with Crippen molar-refractivity contribution in [2.45, 2.75) is 206 Å². The van der Waals surface area contributed by atoms with Gasteiger partial charge < -0.3 is 18.9 Å². The molecule has 0 aliphatic heterocycles. The quantitative estimate of drug-likeness (QED) is 0.0263. The summed E-state index contributed by atoms with van der Waals surface area (Å²) in [4.78, 5) is 68.0. The molecule has 1 aliphatic carbocycles. The smallest absolute Gasteiger partial charge is 0.414 e. The number of aliphatic imine (C=N–C) groups is 1. The Labute approximate surface area is 524 Å². The van der Waals surface area contributed by atoms with Gasteiger partial charge in [0.15, 0.2) is 5.69 Å². The number of allylic oxidation sites excluding steroid dienone is 3. The number of amides is 4. The number of unbranched alkanes of at least 4 members (excludes halogenated alkanes) is 5. The SMILES string of the molecule is CC.CC.CC1=CC(=Nc2cc(C)c(N(CCCCCCCCN(C(=O)OC(C)(C)C)c3cc4c(cc3C)nc3cc(C)c(NC(=O)OC(C)(C)C)cc3[n+]4-c3ccccc3)C(=O)OC(C)(C)C)cc2[NH2+]c2ccccc2)CC=C1NC(=O)OC(C)(C)C. The second-order valence-corrected chi connectivity index (χ2v) is 25.7. The molecule has 0 spiro atoms. The van der Waals surface area contributed by atoms with Crippen molar-refractivity contribution >= 4 is 86.3 Å². The van der Waals surface area contributed by atoms with E-state index < -0.39 is 46.8 Å². The lowest BCUT2D eigenvalue weighted by molar-refractivity contribution is -0.538. The molecule has 5 aromatic carbocycles. The van der Waals surface area contributed by atoms with Gasteiger partial charge in [0.2, 0.25) is 16.7 Å². The average molecular weight is 1210 g/mol. The third-order valence-electron chi connectivity index (χ3n) is 13.5. The van der Waals surface area contributed by atoms with Gasteiger partial charge in [-0.15, -0.1) is 4.57 Å². The number of aromatic nitrogens is 2. The van der Waals surface area contributed by atoms with Crippen LogP contribution in [0.15, 0.2) is 125 Å². The molecule has 1 aliphatic rings. The highest BCUT2D eigenvalue weighted by Crippen LogP contribution is 2.35. The molecule has 4 amide bonds. The third-order valence-corrected chi connectivity index (χ3v) is 13.5. The van der Waals surface area contributed by atoms with E-state index in [2.05, 4.69) is 20.5 Å². The topological polar surface area (TPSA) is 181 Å². The first-order valence-corrected chi connectivity index (χ1v) is 31.3. The van der Waals surface area contributed by atoms with Crippen LogP contribution in [0.1, 0.15) is 179 Å². The summed E-state index contributed by atoms with van der Waals surface area (Å²) in [6.07, 6.45) is 7.52. The molecule has 1 aromatic heterocycles. The summed E-state index contributed by atoms with van der Waals surface area (Å²) in [6.45, 7) is 39.0. The lowest BCUT2D eigenvalue weighted by atomic mass is 10.0. The number of anilines is 3. The molecule has 0 saturated heterocycles. The van der Waals surface area contributed by atoms with Gasteiger partial charge in [-0.2, -0.15) is 0 Å². The maximum absolute atomic E-state index is 14.3. The first-order chi connectivity index (χ1) is 41.4. The highest BCUT2D eigenvalue weighted by atomic mass is 16.6. The average Bonchev–Trinajstić information content (AvgIpc) is 0.910. The van der Waals surface area contributed by atoms with Gasteiger partial charge in [0.25, 0.3) is 0 Å². The van der Waals surface area contributed by atoms with E-state index in [1.54, 1.807) is 9.80 Å². The molecular weight excluding hydrogens is 1100 g/mol. The Morgan fingerprint density at radius 2 is 1.01 bits per heavy atom. The number of hydrogen-bond acceptors (Lipinski definition) is 10. The number of quaternary nitrogens is 1. The molecule has 0 radical (unpaired) electrons. The first-order valence-electron chi connectivity index (χ1n) is 31.3. The maximum atomic E-state index is 14.3. The van der Waals surface area contributed by atoms with Crippen LogP contribution >= 0.6 is 0 Å². The van der Waals surface area contributed by atoms with Crippen LogP contribution in [0.4, 0.5) is 53.3 Å². The fourth-order valence-electron chi connectivity index (χ4n) is 9.82. The van der Waals surface area contributed by atoms with Gasteiger partial charge in [-0.1, -0.05) is 95.9 Å². The molecule has 0 bridgehead atoms. The number of nitrogens with two attached hydrogens (primary N) is 1. The molecular formula is C72H100N8O8+2. The number of ether oxygens (including phenoxy) is 4. The van der Waals surface area contributed by atoms with Gasteiger partial charge in [0.05, 0.1) is 17.1 Å². The van der Waals surface area contributed by atoms with E-state index in [-0.39, 0.29) is 0 Å². The highest BCUT2D eigenvalue weighted by molar-refractivity contribution is 6.01. The number of rotatable bonds is 17. The number of fused-ring (bicyclic) bond motifs is 2. The Hall–Kier alpha value is -8.11. The molecule has 1 heterocycles. The summed E-state index contributed by atoms with van der Waals surface area (Å²) in [7, 11) is 0. The summed E-state index contributed by atoms with van der Waals surface area (Å²) < 4.78 is 25.4. The van der Waals surface area contributed by atoms with Gasteiger partial charge in [-0.3, -0.25) is 25.8 Å². The monoisotopic (exact) mass is 1200 g/mol. The fourth-order valence-corrected chi connectivity index (χ4v) is 9.82. The molecule has 16 nitrogen and oxygen atoms in total. The molecule has 16 heteroatoms. The predicted octanol–water partition coefficient (Wildman–Crippen LogP) is 17.9. The number of carbonyl (C=O) groups is 4. The molecule has 0 saturated carbocycles. The van der Waals surface area contributed by atoms with Crippen molar-refractivity contribution in [2.24, 2.45) is 4.99 Å². The van der Waals surface area contributed by atoms with Crippen molar-refractivity contribution in [3.63, 3.8) is 0 Å². The van der Waals surface area contributed by atoms with E-state index in [1.807, 2.05) is 248 Å². The van der Waals surface area contributed by atoms with Gasteiger partial charge in [0, 0.05) is 61.3 Å². The number of nitrogens with zero attached hydrogens (tertiary/aromatic N) is 5. The number of alkyl carbamates (subject to hydrolysis) is 1. The summed E-state index contributed by atoms with van der Waals surface area (Å²) in [5.74, 6) is 0. The standard InChI is InChI=1S/C68H86N8O8.2C2H6/c1-44-37-49(33-34-51(44)72-61(77)81-65(5,6)7)70-53-39-46(3)57(42-54(53)69-48-29-23-21-24-30-48)74(63(79)83-67(11,12)13)35-27-19-17-18-20-28-36-75(64(80)84-68(14,15)16)58-43-60-56(40-47(58)4)71-55-38-45(2)52(73-62(78)82-66(8,9)10)41-59(55)76(60)50-31-25-22-26-32-50;2*1-2/h21-26,29-32,34,37-43,69H,17-20,27-28,33,35-36H2,1-16H3,(H,72,77);2*1-2H3/p+2. The van der Waals surface area contributed by atoms with Crippen LogP contribution in [0.5, 0.6) is 0 Å². The van der Waals surface area contributed by atoms with Crippen LogP contribution in [0, 0.1) is 20.8 Å².